The van der Waals surface area contributed by atoms with Gasteiger partial charge < -0.3 is 9.47 Å². The predicted octanol–water partition coefficient (Wildman–Crippen LogP) is 4.22. The lowest BCUT2D eigenvalue weighted by molar-refractivity contribution is -0.226. The van der Waals surface area contributed by atoms with E-state index in [4.69, 9.17) is 9.47 Å². The Morgan fingerprint density at radius 1 is 1.30 bits per heavy atom. The third kappa shape index (κ3) is 4.02. The van der Waals surface area contributed by atoms with Gasteiger partial charge in [-0.2, -0.15) is 0 Å². The number of benzene rings is 1. The minimum atomic E-state index is -0.212. The number of likely N-dealkylation sites (tertiary alicyclic amines) is 1. The molecule has 5 heteroatoms. The van der Waals surface area contributed by atoms with Gasteiger partial charge in [-0.05, 0) is 37.0 Å². The Kier molecular flexibility index (Phi) is 5.74. The largest absolute Gasteiger partial charge is 0.355 e. The zero-order valence-corrected chi connectivity index (χ0v) is 17.0. The summed E-state index contributed by atoms with van der Waals surface area (Å²) in [6, 6.07) is 13.0. The molecule has 3 heterocycles. The molecule has 27 heavy (non-hydrogen) atoms. The first kappa shape index (κ1) is 18.8. The summed E-state index contributed by atoms with van der Waals surface area (Å²) in [5, 5.41) is 0. The molecule has 0 bridgehead atoms. The third-order valence-electron chi connectivity index (χ3n) is 5.60. The van der Waals surface area contributed by atoms with Crippen molar-refractivity contribution in [3.05, 3.63) is 57.3 Å². The molecule has 0 saturated carbocycles. The molecular formula is C22H28N2O2S. The number of nitrogens with zero attached hydrogens (tertiary/aromatic N) is 2. The van der Waals surface area contributed by atoms with Crippen molar-refractivity contribution in [3.8, 4) is 0 Å². The van der Waals surface area contributed by atoms with Crippen molar-refractivity contribution >= 4 is 17.6 Å². The first-order valence-electron chi connectivity index (χ1n) is 9.82. The topological polar surface area (TPSA) is 34.1 Å². The highest BCUT2D eigenvalue weighted by molar-refractivity contribution is 7.13. The molecule has 4 rings (SSSR count). The molecule has 1 atom stereocenters. The number of hydrogen-bond donors (Lipinski definition) is 0. The number of ether oxygens (including phenoxy) is 2. The van der Waals surface area contributed by atoms with E-state index in [2.05, 4.69) is 53.2 Å². The van der Waals surface area contributed by atoms with Gasteiger partial charge >= 0.3 is 0 Å². The Balaban J connectivity index is 1.52. The lowest BCUT2D eigenvalue weighted by atomic mass is 9.82. The molecule has 2 aromatic rings. The van der Waals surface area contributed by atoms with E-state index < -0.39 is 0 Å². The fourth-order valence-electron chi connectivity index (χ4n) is 4.17. The summed E-state index contributed by atoms with van der Waals surface area (Å²) in [7, 11) is 1.75. The fourth-order valence-corrected chi connectivity index (χ4v) is 5.34. The molecule has 4 nitrogen and oxygen atoms in total. The molecule has 1 saturated heterocycles. The lowest BCUT2D eigenvalue weighted by Crippen LogP contribution is -2.48. The van der Waals surface area contributed by atoms with Gasteiger partial charge in [0.15, 0.2) is 6.29 Å². The van der Waals surface area contributed by atoms with Gasteiger partial charge in [-0.15, -0.1) is 11.3 Å². The van der Waals surface area contributed by atoms with E-state index in [1.807, 2.05) is 17.6 Å². The van der Waals surface area contributed by atoms with Crippen LogP contribution in [0.3, 0.4) is 0 Å². The SMILES string of the molecule is CCN=Cc1cc2c(s1)CC(OC)OC21CCN(Cc2ccccc2)CC1. The lowest BCUT2D eigenvalue weighted by Gasteiger charge is -2.46. The number of methoxy groups -OCH3 is 1. The van der Waals surface area contributed by atoms with Gasteiger partial charge in [0.1, 0.15) is 0 Å². The Morgan fingerprint density at radius 3 is 2.78 bits per heavy atom. The first-order chi connectivity index (χ1) is 13.2. The van der Waals surface area contributed by atoms with Crippen LogP contribution >= 0.6 is 11.3 Å². The average Bonchev–Trinajstić information content (AvgIpc) is 3.13. The highest BCUT2D eigenvalue weighted by Gasteiger charge is 2.45. The van der Waals surface area contributed by atoms with Gasteiger partial charge in [0.25, 0.3) is 0 Å². The molecule has 0 N–H and O–H groups in total. The highest BCUT2D eigenvalue weighted by Crippen LogP contribution is 2.46. The second kappa shape index (κ2) is 8.23. The normalized spacial score (nSPS) is 22.4. The summed E-state index contributed by atoms with van der Waals surface area (Å²) >= 11 is 1.84. The van der Waals surface area contributed by atoms with E-state index in [-0.39, 0.29) is 11.9 Å². The van der Waals surface area contributed by atoms with E-state index in [0.717, 1.165) is 45.4 Å². The van der Waals surface area contributed by atoms with E-state index >= 15 is 0 Å². The van der Waals surface area contributed by atoms with Gasteiger partial charge in [0, 0.05) is 55.7 Å². The van der Waals surface area contributed by atoms with Crippen LogP contribution < -0.4 is 0 Å². The van der Waals surface area contributed by atoms with Crippen molar-refractivity contribution in [2.75, 3.05) is 26.7 Å². The van der Waals surface area contributed by atoms with Gasteiger partial charge in [-0.1, -0.05) is 30.3 Å². The quantitative estimate of drug-likeness (QED) is 0.724. The number of rotatable bonds is 5. The molecule has 144 valence electrons. The minimum absolute atomic E-state index is 0.146. The Bertz CT molecular complexity index is 779. The van der Waals surface area contributed by atoms with Crippen LogP contribution in [0.1, 0.15) is 40.6 Å². The van der Waals surface area contributed by atoms with E-state index in [1.54, 1.807) is 7.11 Å². The van der Waals surface area contributed by atoms with Crippen LogP contribution in [0.25, 0.3) is 0 Å². The smallest absolute Gasteiger partial charge is 0.163 e. The minimum Gasteiger partial charge on any atom is -0.355 e. The van der Waals surface area contributed by atoms with Crippen LogP contribution in [0.5, 0.6) is 0 Å². The van der Waals surface area contributed by atoms with Crippen LogP contribution in [-0.2, 0) is 28.0 Å². The van der Waals surface area contributed by atoms with Crippen molar-refractivity contribution < 1.29 is 9.47 Å². The number of piperidine rings is 1. The second-order valence-corrected chi connectivity index (χ2v) is 8.53. The standard InChI is InChI=1S/C22H28N2O2S/c1-3-23-15-18-13-19-20(27-18)14-21(25-2)26-22(19)9-11-24(12-10-22)16-17-7-5-4-6-8-17/h4-8,13,15,21H,3,9-12,14,16H2,1-2H3. The maximum absolute atomic E-state index is 6.52. The van der Waals surface area contributed by atoms with Crippen LogP contribution in [-0.4, -0.2) is 44.1 Å². The molecule has 2 aliphatic heterocycles. The summed E-state index contributed by atoms with van der Waals surface area (Å²) in [5.41, 5.74) is 2.54. The molecule has 2 aliphatic rings. The van der Waals surface area contributed by atoms with Gasteiger partial charge in [0.05, 0.1) is 5.60 Å². The summed E-state index contributed by atoms with van der Waals surface area (Å²) in [4.78, 5) is 9.59. The molecule has 1 aromatic heterocycles. The number of thiophene rings is 1. The van der Waals surface area contributed by atoms with Crippen LogP contribution in [0, 0.1) is 0 Å². The number of hydrogen-bond acceptors (Lipinski definition) is 5. The molecule has 1 unspecified atom stereocenters. The highest BCUT2D eigenvalue weighted by atomic mass is 32.1. The molecule has 0 amide bonds. The maximum atomic E-state index is 6.52. The summed E-state index contributed by atoms with van der Waals surface area (Å²) < 4.78 is 12.1. The fraction of sp³-hybridized carbons (Fsp3) is 0.500. The number of aliphatic imine (C=N–C) groups is 1. The van der Waals surface area contributed by atoms with Crippen molar-refractivity contribution in [2.24, 2.45) is 4.99 Å². The summed E-state index contributed by atoms with van der Waals surface area (Å²) in [6.07, 6.45) is 4.71. The van der Waals surface area contributed by atoms with Gasteiger partial charge in [-0.3, -0.25) is 9.89 Å². The van der Waals surface area contributed by atoms with Gasteiger partial charge in [-0.25, -0.2) is 0 Å². The Hall–Kier alpha value is -1.53. The molecular weight excluding hydrogens is 356 g/mol. The molecule has 0 aliphatic carbocycles. The molecule has 1 spiro atoms. The van der Waals surface area contributed by atoms with Gasteiger partial charge in [0.2, 0.25) is 0 Å². The van der Waals surface area contributed by atoms with E-state index in [9.17, 15) is 0 Å². The summed E-state index contributed by atoms with van der Waals surface area (Å²) in [6.45, 7) is 5.98. The van der Waals surface area contributed by atoms with Crippen LogP contribution in [0.4, 0.5) is 0 Å². The van der Waals surface area contributed by atoms with Crippen molar-refractivity contribution in [3.63, 3.8) is 0 Å². The first-order valence-corrected chi connectivity index (χ1v) is 10.6. The van der Waals surface area contributed by atoms with Crippen LogP contribution in [0.2, 0.25) is 0 Å². The van der Waals surface area contributed by atoms with E-state index in [0.29, 0.717) is 0 Å². The number of fused-ring (bicyclic) bond motifs is 2. The Labute approximate surface area is 165 Å². The zero-order chi connectivity index (χ0) is 18.7. The van der Waals surface area contributed by atoms with E-state index in [1.165, 1.54) is 20.9 Å². The van der Waals surface area contributed by atoms with Crippen molar-refractivity contribution in [1.82, 2.24) is 4.90 Å². The predicted molar refractivity (Wildman–Crippen MR) is 111 cm³/mol. The van der Waals surface area contributed by atoms with Crippen molar-refractivity contribution in [2.45, 2.75) is 44.6 Å². The molecule has 0 radical (unpaired) electrons. The molecule has 1 aromatic carbocycles. The monoisotopic (exact) mass is 384 g/mol. The average molecular weight is 385 g/mol. The molecule has 1 fully saturated rings. The zero-order valence-electron chi connectivity index (χ0n) is 16.2. The maximum Gasteiger partial charge on any atom is 0.163 e. The van der Waals surface area contributed by atoms with Crippen LogP contribution in [0.15, 0.2) is 41.4 Å². The third-order valence-corrected chi connectivity index (χ3v) is 6.70. The summed E-state index contributed by atoms with van der Waals surface area (Å²) in [5.74, 6) is 0. The Morgan fingerprint density at radius 2 is 2.07 bits per heavy atom. The van der Waals surface area contributed by atoms with Crippen molar-refractivity contribution in [1.29, 1.82) is 0 Å². The second-order valence-electron chi connectivity index (χ2n) is 7.36.